The maximum atomic E-state index is 12.0. The van der Waals surface area contributed by atoms with Crippen LogP contribution in [-0.4, -0.2) is 49.5 Å². The number of ether oxygens (including phenoxy) is 1. The SMILES string of the molecule is CCOc1nc2cccc(C(=O)O)c2n1Cc1ccc(-c2cc(-n3ncc4ccccc43)ccc2C2=NCN=N2)cc1. The number of nitrogens with zero attached hydrogens (tertiary/aromatic N) is 7. The van der Waals surface area contributed by atoms with Crippen molar-refractivity contribution in [1.82, 2.24) is 19.3 Å². The van der Waals surface area contributed by atoms with Crippen molar-refractivity contribution in [2.75, 3.05) is 13.3 Å². The van der Waals surface area contributed by atoms with Crippen molar-refractivity contribution in [1.29, 1.82) is 0 Å². The summed E-state index contributed by atoms with van der Waals surface area (Å²) in [6, 6.07) is 27.8. The number of benzene rings is 4. The highest BCUT2D eigenvalue weighted by molar-refractivity contribution is 6.06. The van der Waals surface area contributed by atoms with Crippen LogP contribution in [0.5, 0.6) is 6.01 Å². The van der Waals surface area contributed by atoms with E-state index in [1.54, 1.807) is 18.2 Å². The van der Waals surface area contributed by atoms with Crippen molar-refractivity contribution in [3.63, 3.8) is 0 Å². The molecule has 0 fully saturated rings. The molecule has 4 aromatic carbocycles. The predicted molar refractivity (Wildman–Crippen MR) is 160 cm³/mol. The Morgan fingerprint density at radius 3 is 2.62 bits per heavy atom. The second kappa shape index (κ2) is 10.4. The molecule has 2 aromatic heterocycles. The third-order valence-electron chi connectivity index (χ3n) is 7.26. The van der Waals surface area contributed by atoms with Crippen molar-refractivity contribution in [3.05, 3.63) is 108 Å². The Morgan fingerprint density at radius 1 is 0.976 bits per heavy atom. The number of carboxylic acids is 1. The van der Waals surface area contributed by atoms with E-state index in [4.69, 9.17) is 4.74 Å². The first-order chi connectivity index (χ1) is 20.6. The summed E-state index contributed by atoms with van der Waals surface area (Å²) in [6.45, 7) is 3.00. The van der Waals surface area contributed by atoms with E-state index in [9.17, 15) is 9.90 Å². The first kappa shape index (κ1) is 25.3. The quantitative estimate of drug-likeness (QED) is 0.234. The molecule has 0 unspecified atom stereocenters. The van der Waals surface area contributed by atoms with Gasteiger partial charge in [-0.15, -0.1) is 5.11 Å². The zero-order chi connectivity index (χ0) is 28.6. The molecule has 0 bridgehead atoms. The number of aromatic nitrogens is 4. The van der Waals surface area contributed by atoms with Gasteiger partial charge in [0.1, 0.15) is 0 Å². The Bertz CT molecular complexity index is 2040. The number of rotatable bonds is 8. The number of carboxylic acid groups (broad SMARTS) is 1. The lowest BCUT2D eigenvalue weighted by Crippen LogP contribution is -2.08. The van der Waals surface area contributed by atoms with Gasteiger partial charge < -0.3 is 9.84 Å². The first-order valence-electron chi connectivity index (χ1n) is 13.5. The second-order valence-electron chi connectivity index (χ2n) is 9.80. The first-order valence-corrected chi connectivity index (χ1v) is 13.5. The van der Waals surface area contributed by atoms with Gasteiger partial charge in [0, 0.05) is 10.9 Å². The summed E-state index contributed by atoms with van der Waals surface area (Å²) < 4.78 is 9.54. The minimum Gasteiger partial charge on any atom is -0.478 e. The Kier molecular flexibility index (Phi) is 6.27. The van der Waals surface area contributed by atoms with Crippen LogP contribution < -0.4 is 4.74 Å². The van der Waals surface area contributed by atoms with Crippen LogP contribution in [0.4, 0.5) is 0 Å². The second-order valence-corrected chi connectivity index (χ2v) is 9.80. The molecule has 0 radical (unpaired) electrons. The predicted octanol–water partition coefficient (Wildman–Crippen LogP) is 6.36. The number of amidine groups is 1. The normalized spacial score (nSPS) is 12.7. The zero-order valence-electron chi connectivity index (χ0n) is 22.7. The highest BCUT2D eigenvalue weighted by Gasteiger charge is 2.20. The summed E-state index contributed by atoms with van der Waals surface area (Å²) in [5, 5.41) is 23.8. The van der Waals surface area contributed by atoms with E-state index in [1.165, 1.54) is 0 Å². The average molecular weight is 556 g/mol. The molecule has 10 nitrogen and oxygen atoms in total. The van der Waals surface area contributed by atoms with Crippen LogP contribution in [0.2, 0.25) is 0 Å². The van der Waals surface area contributed by atoms with E-state index in [2.05, 4.69) is 31.4 Å². The molecule has 0 atom stereocenters. The highest BCUT2D eigenvalue weighted by Crippen LogP contribution is 2.31. The van der Waals surface area contributed by atoms with E-state index in [1.807, 2.05) is 83.0 Å². The fourth-order valence-corrected chi connectivity index (χ4v) is 5.34. The lowest BCUT2D eigenvalue weighted by molar-refractivity contribution is 0.0698. The van der Waals surface area contributed by atoms with Gasteiger partial charge in [0.2, 0.25) is 0 Å². The van der Waals surface area contributed by atoms with Crippen molar-refractivity contribution in [2.45, 2.75) is 13.5 Å². The summed E-state index contributed by atoms with van der Waals surface area (Å²) in [7, 11) is 0. The van der Waals surface area contributed by atoms with E-state index in [0.29, 0.717) is 42.7 Å². The van der Waals surface area contributed by atoms with Gasteiger partial charge >= 0.3 is 5.97 Å². The van der Waals surface area contributed by atoms with Crippen LogP contribution in [0.25, 0.3) is 38.8 Å². The fraction of sp³-hybridized carbons (Fsp3) is 0.125. The van der Waals surface area contributed by atoms with Crippen LogP contribution >= 0.6 is 0 Å². The topological polar surface area (TPSA) is 119 Å². The number of fused-ring (bicyclic) bond motifs is 2. The molecule has 42 heavy (non-hydrogen) atoms. The molecule has 1 aliphatic heterocycles. The van der Waals surface area contributed by atoms with Crippen molar-refractivity contribution in [3.8, 4) is 22.8 Å². The fourth-order valence-electron chi connectivity index (χ4n) is 5.34. The van der Waals surface area contributed by atoms with Crippen LogP contribution in [-0.2, 0) is 6.54 Å². The summed E-state index contributed by atoms with van der Waals surface area (Å²) >= 11 is 0. The largest absolute Gasteiger partial charge is 0.478 e. The molecule has 1 N–H and O–H groups in total. The van der Waals surface area contributed by atoms with Crippen molar-refractivity contribution < 1.29 is 14.6 Å². The molecule has 6 aromatic rings. The van der Waals surface area contributed by atoms with Crippen molar-refractivity contribution in [2.24, 2.45) is 15.2 Å². The number of imidazole rings is 1. The maximum Gasteiger partial charge on any atom is 0.337 e. The van der Waals surface area contributed by atoms with Gasteiger partial charge in [0.05, 0.1) is 47.1 Å². The molecule has 0 amide bonds. The number of hydrogen-bond donors (Lipinski definition) is 1. The average Bonchev–Trinajstić information content (AvgIpc) is 3.77. The standard InChI is InChI=1S/C32H25N7O3/c1-2-42-32-36-27-8-5-7-25(31(40)41)29(27)38(32)18-20-10-12-21(13-11-20)26-16-23(14-15-24(26)30-33-19-34-37-30)39-28-9-4-3-6-22(28)17-35-39/h3-17H,2,18-19H2,1H3,(H,40,41). The van der Waals surface area contributed by atoms with Crippen LogP contribution in [0.1, 0.15) is 28.4 Å². The van der Waals surface area contributed by atoms with Crippen LogP contribution in [0, 0.1) is 0 Å². The number of aromatic carboxylic acids is 1. The molecule has 0 saturated heterocycles. The van der Waals surface area contributed by atoms with Crippen LogP contribution in [0.15, 0.2) is 106 Å². The monoisotopic (exact) mass is 555 g/mol. The van der Waals surface area contributed by atoms with Gasteiger partial charge in [-0.25, -0.2) is 14.5 Å². The minimum absolute atomic E-state index is 0.182. The Balaban J connectivity index is 1.29. The third kappa shape index (κ3) is 4.39. The Labute approximate surface area is 240 Å². The number of para-hydroxylation sites is 2. The number of azo groups is 1. The molecule has 3 heterocycles. The number of aliphatic imine (C=N–C) groups is 1. The molecule has 1 aliphatic rings. The minimum atomic E-state index is -1.01. The summed E-state index contributed by atoms with van der Waals surface area (Å²) in [5.74, 6) is -0.414. The molecular formula is C32H25N7O3. The smallest absolute Gasteiger partial charge is 0.337 e. The zero-order valence-corrected chi connectivity index (χ0v) is 22.7. The molecule has 0 aliphatic carbocycles. The van der Waals surface area contributed by atoms with Crippen molar-refractivity contribution >= 4 is 33.7 Å². The van der Waals surface area contributed by atoms with E-state index in [0.717, 1.165) is 38.8 Å². The summed E-state index contributed by atoms with van der Waals surface area (Å²) in [4.78, 5) is 21.0. The molecule has 0 saturated carbocycles. The molecule has 206 valence electrons. The lowest BCUT2D eigenvalue weighted by atomic mass is 9.97. The molecular weight excluding hydrogens is 530 g/mol. The van der Waals surface area contributed by atoms with Gasteiger partial charge in [-0.05, 0) is 60.0 Å². The summed E-state index contributed by atoms with van der Waals surface area (Å²) in [5.41, 5.74) is 7.00. The Morgan fingerprint density at radius 2 is 1.83 bits per heavy atom. The van der Waals surface area contributed by atoms with Gasteiger partial charge in [-0.3, -0.25) is 4.57 Å². The molecule has 0 spiro atoms. The maximum absolute atomic E-state index is 12.0. The van der Waals surface area contributed by atoms with Gasteiger partial charge in [-0.2, -0.15) is 15.2 Å². The number of hydrogen-bond acceptors (Lipinski definition) is 7. The van der Waals surface area contributed by atoms with Gasteiger partial charge in [0.25, 0.3) is 6.01 Å². The van der Waals surface area contributed by atoms with E-state index in [-0.39, 0.29) is 5.56 Å². The van der Waals surface area contributed by atoms with Crippen LogP contribution in [0.3, 0.4) is 0 Å². The van der Waals surface area contributed by atoms with Gasteiger partial charge in [-0.1, -0.05) is 48.5 Å². The molecule has 10 heteroatoms. The highest BCUT2D eigenvalue weighted by atomic mass is 16.5. The van der Waals surface area contributed by atoms with Gasteiger partial charge in [0.15, 0.2) is 12.5 Å². The molecule has 7 rings (SSSR count). The van der Waals surface area contributed by atoms with E-state index >= 15 is 0 Å². The Hall–Kier alpha value is -5.64. The summed E-state index contributed by atoms with van der Waals surface area (Å²) in [6.07, 6.45) is 1.86. The third-order valence-corrected chi connectivity index (χ3v) is 7.26. The lowest BCUT2D eigenvalue weighted by Gasteiger charge is -2.14. The van der Waals surface area contributed by atoms with E-state index < -0.39 is 5.97 Å². The number of carbonyl (C=O) groups is 1.